The van der Waals surface area contributed by atoms with Crippen LogP contribution in [0.3, 0.4) is 0 Å². The molecule has 4 aliphatic rings. The molecule has 2 nitrogen and oxygen atoms in total. The van der Waals surface area contributed by atoms with Gasteiger partial charge in [0.15, 0.2) is 5.60 Å². The number of halogens is 3. The summed E-state index contributed by atoms with van der Waals surface area (Å²) in [5, 5.41) is 20.6. The van der Waals surface area contributed by atoms with E-state index in [4.69, 9.17) is 0 Å². The summed E-state index contributed by atoms with van der Waals surface area (Å²) in [6.07, 6.45) is 4.32. The van der Waals surface area contributed by atoms with Gasteiger partial charge in [-0.2, -0.15) is 13.2 Å². The Balaban J connectivity index is 1.49. The summed E-state index contributed by atoms with van der Waals surface area (Å²) in [5.41, 5.74) is -2.84. The van der Waals surface area contributed by atoms with Crippen LogP contribution in [0.2, 0.25) is 0 Å². The standard InChI is InChI=1S/C27H45F3O2/c1-17(10-12-23(2,3)31)20-8-9-21-19-7-6-18-16-26(32,27(28,29)30)15-14-24(18,4)22(19)11-13-25(20,21)5/h17-22,31-32H,6-16H2,1-5H3/t17-,18?,19?,20-,21?,22?,24+,25-,26-/m1/s1. The van der Waals surface area contributed by atoms with Crippen LogP contribution in [0.1, 0.15) is 105 Å². The summed E-state index contributed by atoms with van der Waals surface area (Å²) in [7, 11) is 0. The first kappa shape index (κ1) is 24.8. The van der Waals surface area contributed by atoms with Gasteiger partial charge in [-0.15, -0.1) is 0 Å². The molecule has 32 heavy (non-hydrogen) atoms. The Morgan fingerprint density at radius 1 is 0.906 bits per heavy atom. The molecule has 0 spiro atoms. The van der Waals surface area contributed by atoms with Crippen LogP contribution in [0, 0.1) is 46.3 Å². The fraction of sp³-hybridized carbons (Fsp3) is 1.00. The lowest BCUT2D eigenvalue weighted by molar-refractivity contribution is -0.290. The van der Waals surface area contributed by atoms with Gasteiger partial charge in [0.25, 0.3) is 0 Å². The number of fused-ring (bicyclic) bond motifs is 5. The van der Waals surface area contributed by atoms with Crippen molar-refractivity contribution < 1.29 is 23.4 Å². The summed E-state index contributed by atoms with van der Waals surface area (Å²) < 4.78 is 40.7. The molecule has 4 aliphatic carbocycles. The van der Waals surface area contributed by atoms with E-state index in [1.807, 2.05) is 13.8 Å². The first-order valence-electron chi connectivity index (χ1n) is 13.1. The molecule has 186 valence electrons. The molecule has 0 saturated heterocycles. The van der Waals surface area contributed by atoms with Crippen LogP contribution in [0.25, 0.3) is 0 Å². The maximum absolute atomic E-state index is 13.6. The monoisotopic (exact) mass is 458 g/mol. The van der Waals surface area contributed by atoms with E-state index in [9.17, 15) is 23.4 Å². The summed E-state index contributed by atoms with van der Waals surface area (Å²) in [4.78, 5) is 0. The quantitative estimate of drug-likeness (QED) is 0.471. The Labute approximate surface area is 192 Å². The highest BCUT2D eigenvalue weighted by Crippen LogP contribution is 2.69. The second-order valence-corrected chi connectivity index (χ2v) is 13.4. The highest BCUT2D eigenvalue weighted by atomic mass is 19.4. The first-order chi connectivity index (χ1) is 14.6. The molecule has 0 heterocycles. The highest BCUT2D eigenvalue weighted by Gasteiger charge is 2.65. The molecule has 5 heteroatoms. The second kappa shape index (κ2) is 7.86. The summed E-state index contributed by atoms with van der Waals surface area (Å²) in [6.45, 7) is 10.9. The molecule has 9 atom stereocenters. The molecule has 0 aliphatic heterocycles. The zero-order valence-corrected chi connectivity index (χ0v) is 20.8. The maximum Gasteiger partial charge on any atom is 0.417 e. The molecule has 0 bridgehead atoms. The van der Waals surface area contributed by atoms with Gasteiger partial charge in [0.05, 0.1) is 5.60 Å². The summed E-state index contributed by atoms with van der Waals surface area (Å²) >= 11 is 0. The topological polar surface area (TPSA) is 40.5 Å². The lowest BCUT2D eigenvalue weighted by atomic mass is 9.43. The third kappa shape index (κ3) is 3.95. The third-order valence-corrected chi connectivity index (χ3v) is 11.2. The van der Waals surface area contributed by atoms with Crippen molar-refractivity contribution in [1.82, 2.24) is 0 Å². The summed E-state index contributed by atoms with van der Waals surface area (Å²) in [6, 6.07) is 0. The van der Waals surface area contributed by atoms with Crippen molar-refractivity contribution in [2.24, 2.45) is 46.3 Å². The van der Waals surface area contributed by atoms with Crippen molar-refractivity contribution in [2.75, 3.05) is 0 Å². The van der Waals surface area contributed by atoms with Crippen LogP contribution in [0.4, 0.5) is 13.2 Å². The minimum atomic E-state index is -4.52. The van der Waals surface area contributed by atoms with E-state index in [2.05, 4.69) is 20.8 Å². The molecule has 0 aromatic rings. The molecule has 4 rings (SSSR count). The van der Waals surface area contributed by atoms with Crippen molar-refractivity contribution in [2.45, 2.75) is 123 Å². The van der Waals surface area contributed by atoms with Crippen LogP contribution in [0.15, 0.2) is 0 Å². The Morgan fingerprint density at radius 2 is 1.56 bits per heavy atom. The first-order valence-corrected chi connectivity index (χ1v) is 13.1. The molecule has 2 N–H and O–H groups in total. The molecule has 0 radical (unpaired) electrons. The van der Waals surface area contributed by atoms with Gasteiger partial charge in [-0.3, -0.25) is 0 Å². The van der Waals surface area contributed by atoms with Crippen molar-refractivity contribution in [3.05, 3.63) is 0 Å². The Kier molecular flexibility index (Phi) is 6.10. The fourth-order valence-electron chi connectivity index (χ4n) is 9.26. The number of rotatable bonds is 4. The van der Waals surface area contributed by atoms with Crippen LogP contribution in [-0.2, 0) is 0 Å². The van der Waals surface area contributed by atoms with Gasteiger partial charge >= 0.3 is 6.18 Å². The normalized spacial score (nSPS) is 48.0. The molecule has 0 aromatic heterocycles. The smallest absolute Gasteiger partial charge is 0.390 e. The minimum Gasteiger partial charge on any atom is -0.390 e. The molecule has 0 aromatic carbocycles. The molecule has 4 unspecified atom stereocenters. The Bertz CT molecular complexity index is 700. The van der Waals surface area contributed by atoms with E-state index in [1.54, 1.807) is 0 Å². The van der Waals surface area contributed by atoms with E-state index >= 15 is 0 Å². The minimum absolute atomic E-state index is 0.0172. The molecular weight excluding hydrogens is 413 g/mol. The Hall–Kier alpha value is -0.290. The van der Waals surface area contributed by atoms with E-state index < -0.39 is 17.4 Å². The van der Waals surface area contributed by atoms with Gasteiger partial charge in [0, 0.05) is 0 Å². The maximum atomic E-state index is 13.6. The zero-order valence-electron chi connectivity index (χ0n) is 20.8. The molecular formula is C27H45F3O2. The van der Waals surface area contributed by atoms with Crippen LogP contribution >= 0.6 is 0 Å². The van der Waals surface area contributed by atoms with Gasteiger partial charge in [-0.25, -0.2) is 0 Å². The SMILES string of the molecule is C[C@H](CCC(C)(C)O)[C@H]1CCC2C3CCC4C[C@@](O)(C(F)(F)F)CC[C@]4(C)C3CC[C@@]21C. The van der Waals surface area contributed by atoms with Gasteiger partial charge in [-0.05, 0) is 131 Å². The lowest BCUT2D eigenvalue weighted by Crippen LogP contribution is -2.59. The fourth-order valence-corrected chi connectivity index (χ4v) is 9.26. The zero-order chi connectivity index (χ0) is 23.7. The van der Waals surface area contributed by atoms with Gasteiger partial charge in [-0.1, -0.05) is 20.8 Å². The average molecular weight is 459 g/mol. The second-order valence-electron chi connectivity index (χ2n) is 13.4. The van der Waals surface area contributed by atoms with Gasteiger partial charge in [0.2, 0.25) is 0 Å². The number of aliphatic hydroxyl groups is 2. The predicted molar refractivity (Wildman–Crippen MR) is 121 cm³/mol. The van der Waals surface area contributed by atoms with Crippen molar-refractivity contribution >= 4 is 0 Å². The number of hydrogen-bond acceptors (Lipinski definition) is 2. The van der Waals surface area contributed by atoms with Crippen molar-refractivity contribution in [1.29, 1.82) is 0 Å². The largest absolute Gasteiger partial charge is 0.417 e. The Morgan fingerprint density at radius 3 is 2.19 bits per heavy atom. The highest BCUT2D eigenvalue weighted by molar-refractivity contribution is 5.11. The van der Waals surface area contributed by atoms with Crippen LogP contribution < -0.4 is 0 Å². The van der Waals surface area contributed by atoms with E-state index in [0.29, 0.717) is 41.4 Å². The van der Waals surface area contributed by atoms with E-state index in [-0.39, 0.29) is 24.2 Å². The van der Waals surface area contributed by atoms with E-state index in [0.717, 1.165) is 32.1 Å². The predicted octanol–water partition coefficient (Wildman–Crippen LogP) is 7.13. The third-order valence-electron chi connectivity index (χ3n) is 11.2. The van der Waals surface area contributed by atoms with Crippen LogP contribution in [-0.4, -0.2) is 27.6 Å². The van der Waals surface area contributed by atoms with Crippen molar-refractivity contribution in [3.63, 3.8) is 0 Å². The van der Waals surface area contributed by atoms with E-state index in [1.165, 1.54) is 19.3 Å². The number of alkyl halides is 3. The van der Waals surface area contributed by atoms with Crippen LogP contribution in [0.5, 0.6) is 0 Å². The molecule has 4 fully saturated rings. The van der Waals surface area contributed by atoms with Gasteiger partial charge < -0.3 is 10.2 Å². The van der Waals surface area contributed by atoms with Crippen molar-refractivity contribution in [3.8, 4) is 0 Å². The summed E-state index contributed by atoms with van der Waals surface area (Å²) in [5.74, 6) is 3.06. The number of hydrogen-bond donors (Lipinski definition) is 2. The molecule has 0 amide bonds. The van der Waals surface area contributed by atoms with Gasteiger partial charge in [0.1, 0.15) is 0 Å². The molecule has 4 saturated carbocycles. The lowest BCUT2D eigenvalue weighted by Gasteiger charge is -2.62. The average Bonchev–Trinajstić information content (AvgIpc) is 3.02.